The number of amides is 3. The average molecular weight is 669 g/mol. The number of halogens is 5. The van der Waals surface area contributed by atoms with Crippen LogP contribution >= 0.6 is 11.6 Å². The van der Waals surface area contributed by atoms with Crippen LogP contribution in [0, 0.1) is 11.6 Å². The van der Waals surface area contributed by atoms with E-state index in [9.17, 15) is 37.1 Å². The molecular weight excluding hydrogens is 636 g/mol. The molecule has 248 valence electrons. The van der Waals surface area contributed by atoms with E-state index < -0.39 is 36.0 Å². The molecule has 1 aliphatic heterocycles. The number of carbonyl (C=O) groups excluding carboxylic acids is 3. The summed E-state index contributed by atoms with van der Waals surface area (Å²) in [6.45, 7) is -1.59. The van der Waals surface area contributed by atoms with Crippen molar-refractivity contribution in [2.24, 2.45) is 7.05 Å². The van der Waals surface area contributed by atoms with Crippen molar-refractivity contribution in [2.75, 3.05) is 52.1 Å². The van der Waals surface area contributed by atoms with Crippen molar-refractivity contribution in [1.82, 2.24) is 24.3 Å². The summed E-state index contributed by atoms with van der Waals surface area (Å²) in [7, 11) is 5.07. The monoisotopic (exact) mass is 668 g/mol. The van der Waals surface area contributed by atoms with Gasteiger partial charge in [0.05, 0.1) is 28.6 Å². The van der Waals surface area contributed by atoms with Gasteiger partial charge in [0, 0.05) is 57.4 Å². The first kappa shape index (κ1) is 34.7. The number of aliphatic hydroxyl groups is 1. The number of rotatable bonds is 11. The van der Waals surface area contributed by atoms with Gasteiger partial charge in [-0.2, -0.15) is 13.2 Å². The lowest BCUT2D eigenvalue weighted by atomic mass is 10.1. The van der Waals surface area contributed by atoms with Crippen LogP contribution in [0.4, 0.5) is 23.2 Å². The first-order valence-corrected chi connectivity index (χ1v) is 14.6. The number of anilines is 1. The average Bonchev–Trinajstić information content (AvgIpc) is 3.38. The van der Waals surface area contributed by atoms with E-state index in [0.717, 1.165) is 18.3 Å². The highest BCUT2D eigenvalue weighted by Crippen LogP contribution is 2.31. The van der Waals surface area contributed by atoms with E-state index >= 15 is 0 Å². The summed E-state index contributed by atoms with van der Waals surface area (Å²) in [6, 6.07) is 6.18. The molecule has 3 aromatic rings. The summed E-state index contributed by atoms with van der Waals surface area (Å²) in [4.78, 5) is 47.8. The number of likely N-dealkylation sites (N-methyl/N-ethyl adjacent to an activating group) is 1. The standard InChI is InChI=1S/C30H33ClF4N6O5/c1-38(2)16-18(42)5-9-24(43)40-10-12-41(13-11-40)29(45)19-6-4-17(14-21(19)31)37-28(44)27-36-15-22(39(27)3)20-7-8-23(46-30(34)35)26(33)25(20)32/h4,6-8,14-15,18,30,42H,5,9-13,16H2,1-3H3,(H,37,44)/t18-/m1/s1. The van der Waals surface area contributed by atoms with Crippen LogP contribution in [0.25, 0.3) is 11.3 Å². The maximum absolute atomic E-state index is 14.6. The molecule has 0 unspecified atom stereocenters. The normalized spacial score (nSPS) is 14.2. The Hall–Kier alpha value is -4.21. The number of nitrogens with zero attached hydrogens (tertiary/aromatic N) is 5. The van der Waals surface area contributed by atoms with Gasteiger partial charge in [0.1, 0.15) is 0 Å². The van der Waals surface area contributed by atoms with E-state index in [1.165, 1.54) is 29.8 Å². The minimum atomic E-state index is -3.34. The lowest BCUT2D eigenvalue weighted by molar-refractivity contribution is -0.133. The molecule has 3 amide bonds. The van der Waals surface area contributed by atoms with E-state index in [0.29, 0.717) is 39.1 Å². The van der Waals surface area contributed by atoms with Crippen molar-refractivity contribution in [2.45, 2.75) is 25.6 Å². The molecule has 0 aliphatic carbocycles. The summed E-state index contributed by atoms with van der Waals surface area (Å²) >= 11 is 6.41. The Kier molecular flexibility index (Phi) is 11.2. The number of hydrogen-bond acceptors (Lipinski definition) is 7. The highest BCUT2D eigenvalue weighted by atomic mass is 35.5. The van der Waals surface area contributed by atoms with Crippen LogP contribution in [0.3, 0.4) is 0 Å². The van der Waals surface area contributed by atoms with E-state index in [4.69, 9.17) is 11.6 Å². The second kappa shape index (κ2) is 14.9. The second-order valence-corrected chi connectivity index (χ2v) is 11.3. The zero-order valence-corrected chi connectivity index (χ0v) is 26.0. The van der Waals surface area contributed by atoms with Gasteiger partial charge in [-0.1, -0.05) is 11.6 Å². The maximum atomic E-state index is 14.6. The molecule has 1 aliphatic rings. The molecule has 1 saturated heterocycles. The Morgan fingerprint density at radius 3 is 2.37 bits per heavy atom. The summed E-state index contributed by atoms with van der Waals surface area (Å²) in [5.74, 6) is -5.37. The highest BCUT2D eigenvalue weighted by Gasteiger charge is 2.27. The van der Waals surface area contributed by atoms with Crippen LogP contribution in [-0.2, 0) is 11.8 Å². The summed E-state index contributed by atoms with van der Waals surface area (Å²) in [5, 5.41) is 12.7. The number of aliphatic hydroxyl groups excluding tert-OH is 1. The van der Waals surface area contributed by atoms with Gasteiger partial charge in [-0.25, -0.2) is 9.37 Å². The van der Waals surface area contributed by atoms with E-state index in [1.54, 1.807) is 9.80 Å². The fourth-order valence-electron chi connectivity index (χ4n) is 5.03. The van der Waals surface area contributed by atoms with Crippen molar-refractivity contribution in [3.8, 4) is 17.0 Å². The summed E-state index contributed by atoms with van der Waals surface area (Å²) < 4.78 is 59.0. The van der Waals surface area contributed by atoms with Crippen LogP contribution < -0.4 is 10.1 Å². The van der Waals surface area contributed by atoms with Gasteiger partial charge < -0.3 is 34.4 Å². The largest absolute Gasteiger partial charge is 0.432 e. The topological polar surface area (TPSA) is 120 Å². The molecule has 1 aromatic heterocycles. The maximum Gasteiger partial charge on any atom is 0.387 e. The molecule has 16 heteroatoms. The number of imidazole rings is 1. The van der Waals surface area contributed by atoms with Crippen molar-refractivity contribution >= 4 is 35.0 Å². The van der Waals surface area contributed by atoms with Crippen LogP contribution in [0.2, 0.25) is 5.02 Å². The first-order chi connectivity index (χ1) is 21.8. The SMILES string of the molecule is CN(C)C[C@H](O)CCC(=O)N1CCN(C(=O)c2ccc(NC(=O)c3ncc(-c4ccc(OC(F)F)c(F)c4F)n3C)cc2Cl)CC1. The number of ether oxygens (including phenoxy) is 1. The molecule has 0 radical (unpaired) electrons. The number of piperazine rings is 1. The van der Waals surface area contributed by atoms with Crippen LogP contribution in [0.5, 0.6) is 5.75 Å². The third-order valence-corrected chi connectivity index (χ3v) is 7.69. The molecule has 1 atom stereocenters. The molecule has 11 nitrogen and oxygen atoms in total. The Morgan fingerprint density at radius 1 is 1.07 bits per heavy atom. The number of carbonyl (C=O) groups is 3. The Bertz CT molecular complexity index is 1600. The molecule has 46 heavy (non-hydrogen) atoms. The molecule has 2 heterocycles. The Morgan fingerprint density at radius 2 is 1.74 bits per heavy atom. The number of hydrogen-bond donors (Lipinski definition) is 2. The second-order valence-electron chi connectivity index (χ2n) is 10.9. The smallest absolute Gasteiger partial charge is 0.387 e. The minimum Gasteiger partial charge on any atom is -0.432 e. The highest BCUT2D eigenvalue weighted by molar-refractivity contribution is 6.34. The fourth-order valence-corrected chi connectivity index (χ4v) is 5.29. The molecular formula is C30H33ClF4N6O5. The quantitative estimate of drug-likeness (QED) is 0.298. The first-order valence-electron chi connectivity index (χ1n) is 14.2. The van der Waals surface area contributed by atoms with Gasteiger partial charge in [-0.3, -0.25) is 14.4 Å². The molecule has 2 N–H and O–H groups in total. The third-order valence-electron chi connectivity index (χ3n) is 7.37. The summed E-state index contributed by atoms with van der Waals surface area (Å²) in [5.41, 5.74) is 0.0897. The third kappa shape index (κ3) is 8.13. The summed E-state index contributed by atoms with van der Waals surface area (Å²) in [6.07, 6.45) is 1.08. The predicted molar refractivity (Wildman–Crippen MR) is 161 cm³/mol. The van der Waals surface area contributed by atoms with Crippen LogP contribution in [0.15, 0.2) is 36.5 Å². The number of aromatic nitrogens is 2. The van der Waals surface area contributed by atoms with Gasteiger partial charge in [0.25, 0.3) is 11.8 Å². The number of benzene rings is 2. The molecule has 0 spiro atoms. The van der Waals surface area contributed by atoms with Crippen molar-refractivity contribution in [1.29, 1.82) is 0 Å². The van der Waals surface area contributed by atoms with Crippen molar-refractivity contribution in [3.63, 3.8) is 0 Å². The van der Waals surface area contributed by atoms with Gasteiger partial charge in [0.2, 0.25) is 11.7 Å². The molecule has 4 rings (SSSR count). The fraction of sp³-hybridized carbons (Fsp3) is 0.400. The molecule has 0 bridgehead atoms. The zero-order valence-electron chi connectivity index (χ0n) is 25.3. The number of alkyl halides is 2. The molecule has 0 saturated carbocycles. The van der Waals surface area contributed by atoms with Crippen LogP contribution in [0.1, 0.15) is 33.8 Å². The van der Waals surface area contributed by atoms with Gasteiger partial charge in [-0.15, -0.1) is 0 Å². The predicted octanol–water partition coefficient (Wildman–Crippen LogP) is 3.86. The van der Waals surface area contributed by atoms with Gasteiger partial charge >= 0.3 is 6.61 Å². The van der Waals surface area contributed by atoms with E-state index in [1.807, 2.05) is 19.0 Å². The van der Waals surface area contributed by atoms with E-state index in [2.05, 4.69) is 15.0 Å². The van der Waals surface area contributed by atoms with E-state index in [-0.39, 0.29) is 51.6 Å². The van der Waals surface area contributed by atoms with Crippen molar-refractivity contribution < 1.29 is 41.8 Å². The molecule has 1 fully saturated rings. The Balaban J connectivity index is 1.36. The Labute approximate surface area is 267 Å². The lowest BCUT2D eigenvalue weighted by Gasteiger charge is -2.35. The van der Waals surface area contributed by atoms with Crippen LogP contribution in [-0.4, -0.2) is 107 Å². The van der Waals surface area contributed by atoms with Crippen molar-refractivity contribution in [3.05, 3.63) is 64.6 Å². The minimum absolute atomic E-state index is 0.00663. The van der Waals surface area contributed by atoms with Gasteiger partial charge in [-0.05, 0) is 50.8 Å². The lowest BCUT2D eigenvalue weighted by Crippen LogP contribution is -2.50. The van der Waals surface area contributed by atoms with Gasteiger partial charge in [0.15, 0.2) is 17.4 Å². The number of nitrogens with one attached hydrogen (secondary N) is 1. The zero-order chi connectivity index (χ0) is 33.7. The molecule has 2 aromatic carbocycles.